The lowest BCUT2D eigenvalue weighted by Gasteiger charge is -2.01. The summed E-state index contributed by atoms with van der Waals surface area (Å²) in [6.45, 7) is 6.50. The second kappa shape index (κ2) is 9.52. The van der Waals surface area contributed by atoms with Crippen molar-refractivity contribution >= 4 is 5.84 Å². The van der Waals surface area contributed by atoms with E-state index in [9.17, 15) is 0 Å². The molecule has 0 radical (unpaired) electrons. The van der Waals surface area contributed by atoms with Crippen LogP contribution in [0.1, 0.15) is 39.5 Å². The zero-order valence-corrected chi connectivity index (χ0v) is 8.88. The summed E-state index contributed by atoms with van der Waals surface area (Å²) in [5.74, 6) is 0.751. The molecule has 0 heterocycles. The van der Waals surface area contributed by atoms with Crippen LogP contribution in [0.5, 0.6) is 0 Å². The van der Waals surface area contributed by atoms with Gasteiger partial charge in [-0.3, -0.25) is 4.99 Å². The van der Waals surface area contributed by atoms with Crippen LogP contribution in [-0.2, 0) is 4.74 Å². The van der Waals surface area contributed by atoms with E-state index in [0.29, 0.717) is 13.2 Å². The summed E-state index contributed by atoms with van der Waals surface area (Å²) in [5.41, 5.74) is 5.62. The molecule has 0 fully saturated rings. The number of nitrogens with two attached hydrogens (primary N) is 1. The highest BCUT2D eigenvalue weighted by Gasteiger charge is 1.89. The maximum Gasteiger partial charge on any atom is 0.0937 e. The predicted octanol–water partition coefficient (Wildman–Crippen LogP) is 1.96. The van der Waals surface area contributed by atoms with Crippen molar-refractivity contribution in [3.63, 3.8) is 0 Å². The standard InChI is InChI=1S/C10H22N2O/c1-3-5-8-13-9-7-12-10(11)6-4-2/h3-9H2,1-2H3,(H2,11,12). The number of hydrogen-bond acceptors (Lipinski definition) is 2. The summed E-state index contributed by atoms with van der Waals surface area (Å²) in [5, 5.41) is 0. The van der Waals surface area contributed by atoms with E-state index in [2.05, 4.69) is 18.8 Å². The molecular weight excluding hydrogens is 164 g/mol. The van der Waals surface area contributed by atoms with Gasteiger partial charge in [-0.1, -0.05) is 20.3 Å². The predicted molar refractivity (Wildman–Crippen MR) is 57.1 cm³/mol. The lowest BCUT2D eigenvalue weighted by atomic mass is 10.3. The molecule has 0 spiro atoms. The highest BCUT2D eigenvalue weighted by molar-refractivity contribution is 5.80. The third kappa shape index (κ3) is 9.34. The van der Waals surface area contributed by atoms with E-state index in [1.165, 1.54) is 6.42 Å². The van der Waals surface area contributed by atoms with Crippen LogP contribution in [0.4, 0.5) is 0 Å². The van der Waals surface area contributed by atoms with E-state index in [0.717, 1.165) is 31.7 Å². The molecule has 2 N–H and O–H groups in total. The van der Waals surface area contributed by atoms with Gasteiger partial charge >= 0.3 is 0 Å². The van der Waals surface area contributed by atoms with Gasteiger partial charge in [0.25, 0.3) is 0 Å². The van der Waals surface area contributed by atoms with Crippen molar-refractivity contribution in [2.75, 3.05) is 19.8 Å². The molecule has 0 aliphatic carbocycles. The SMILES string of the molecule is CCCCOCCN=C(N)CCC. The van der Waals surface area contributed by atoms with Crippen molar-refractivity contribution in [2.24, 2.45) is 10.7 Å². The lowest BCUT2D eigenvalue weighted by molar-refractivity contribution is 0.139. The fourth-order valence-electron chi connectivity index (χ4n) is 0.937. The monoisotopic (exact) mass is 186 g/mol. The van der Waals surface area contributed by atoms with Gasteiger partial charge in [0.1, 0.15) is 0 Å². The molecule has 78 valence electrons. The molecule has 0 aromatic heterocycles. The second-order valence-corrected chi connectivity index (χ2v) is 3.09. The molecule has 0 aromatic carbocycles. The minimum Gasteiger partial charge on any atom is -0.387 e. The van der Waals surface area contributed by atoms with Crippen LogP contribution in [0.15, 0.2) is 4.99 Å². The van der Waals surface area contributed by atoms with Gasteiger partial charge in [0.05, 0.1) is 19.0 Å². The zero-order valence-electron chi connectivity index (χ0n) is 8.88. The van der Waals surface area contributed by atoms with Crippen LogP contribution < -0.4 is 5.73 Å². The van der Waals surface area contributed by atoms with Gasteiger partial charge in [0, 0.05) is 13.0 Å². The number of rotatable bonds is 8. The fraction of sp³-hybridized carbons (Fsp3) is 0.900. The fourth-order valence-corrected chi connectivity index (χ4v) is 0.937. The molecule has 3 heteroatoms. The van der Waals surface area contributed by atoms with E-state index in [1.807, 2.05) is 0 Å². The van der Waals surface area contributed by atoms with Crippen LogP contribution in [0.25, 0.3) is 0 Å². The molecule has 0 rings (SSSR count). The molecular formula is C10H22N2O. The van der Waals surface area contributed by atoms with E-state index < -0.39 is 0 Å². The Morgan fingerprint density at radius 3 is 2.62 bits per heavy atom. The van der Waals surface area contributed by atoms with Crippen molar-refractivity contribution < 1.29 is 4.74 Å². The summed E-state index contributed by atoms with van der Waals surface area (Å²) in [4.78, 5) is 4.18. The molecule has 0 atom stereocenters. The largest absolute Gasteiger partial charge is 0.387 e. The third-order valence-corrected chi connectivity index (χ3v) is 1.70. The van der Waals surface area contributed by atoms with Gasteiger partial charge in [-0.15, -0.1) is 0 Å². The Hall–Kier alpha value is -0.570. The van der Waals surface area contributed by atoms with Crippen molar-refractivity contribution in [2.45, 2.75) is 39.5 Å². The zero-order chi connectivity index (χ0) is 9.94. The van der Waals surface area contributed by atoms with Crippen molar-refractivity contribution in [3.05, 3.63) is 0 Å². The highest BCUT2D eigenvalue weighted by Crippen LogP contribution is 1.89. The molecule has 0 saturated heterocycles. The second-order valence-electron chi connectivity index (χ2n) is 3.09. The Labute approximate surface area is 81.4 Å². The highest BCUT2D eigenvalue weighted by atomic mass is 16.5. The molecule has 0 aliphatic heterocycles. The molecule has 0 aliphatic rings. The first kappa shape index (κ1) is 12.4. The maximum atomic E-state index is 5.62. The Morgan fingerprint density at radius 1 is 1.23 bits per heavy atom. The molecule has 13 heavy (non-hydrogen) atoms. The summed E-state index contributed by atoms with van der Waals surface area (Å²) in [6, 6.07) is 0. The summed E-state index contributed by atoms with van der Waals surface area (Å²) >= 11 is 0. The third-order valence-electron chi connectivity index (χ3n) is 1.70. The van der Waals surface area contributed by atoms with Gasteiger partial charge in [0.15, 0.2) is 0 Å². The van der Waals surface area contributed by atoms with Crippen molar-refractivity contribution in [1.29, 1.82) is 0 Å². The number of amidine groups is 1. The first-order valence-electron chi connectivity index (χ1n) is 5.17. The quantitative estimate of drug-likeness (QED) is 0.358. The Kier molecular flexibility index (Phi) is 9.10. The van der Waals surface area contributed by atoms with Crippen molar-refractivity contribution in [3.8, 4) is 0 Å². The molecule has 0 bridgehead atoms. The van der Waals surface area contributed by atoms with Crippen LogP contribution in [-0.4, -0.2) is 25.6 Å². The average molecular weight is 186 g/mol. The van der Waals surface area contributed by atoms with E-state index in [-0.39, 0.29) is 0 Å². The number of ether oxygens (including phenoxy) is 1. The van der Waals surface area contributed by atoms with E-state index in [1.54, 1.807) is 0 Å². The topological polar surface area (TPSA) is 47.6 Å². The maximum absolute atomic E-state index is 5.62. The molecule has 0 aromatic rings. The molecule has 0 unspecified atom stereocenters. The normalized spacial score (nSPS) is 12.0. The number of unbranched alkanes of at least 4 members (excludes halogenated alkanes) is 1. The number of hydrogen-bond donors (Lipinski definition) is 1. The first-order chi connectivity index (χ1) is 6.31. The Bertz CT molecular complexity index is 135. The van der Waals surface area contributed by atoms with Crippen LogP contribution in [0.2, 0.25) is 0 Å². The summed E-state index contributed by atoms with van der Waals surface area (Å²) < 4.78 is 5.34. The first-order valence-corrected chi connectivity index (χ1v) is 5.17. The molecule has 0 saturated carbocycles. The van der Waals surface area contributed by atoms with Gasteiger partial charge < -0.3 is 10.5 Å². The van der Waals surface area contributed by atoms with E-state index in [4.69, 9.17) is 10.5 Å². The van der Waals surface area contributed by atoms with Gasteiger partial charge in [0.2, 0.25) is 0 Å². The lowest BCUT2D eigenvalue weighted by Crippen LogP contribution is -2.13. The van der Waals surface area contributed by atoms with Gasteiger partial charge in [-0.2, -0.15) is 0 Å². The Balaban J connectivity index is 3.18. The van der Waals surface area contributed by atoms with Crippen LogP contribution in [0, 0.1) is 0 Å². The minimum atomic E-state index is 0.699. The summed E-state index contributed by atoms with van der Waals surface area (Å²) in [7, 11) is 0. The van der Waals surface area contributed by atoms with Crippen LogP contribution >= 0.6 is 0 Å². The Morgan fingerprint density at radius 2 is 2.00 bits per heavy atom. The minimum absolute atomic E-state index is 0.699. The van der Waals surface area contributed by atoms with Gasteiger partial charge in [-0.05, 0) is 12.8 Å². The van der Waals surface area contributed by atoms with Crippen molar-refractivity contribution in [1.82, 2.24) is 0 Å². The van der Waals surface area contributed by atoms with Gasteiger partial charge in [-0.25, -0.2) is 0 Å². The molecule has 3 nitrogen and oxygen atoms in total. The molecule has 0 amide bonds. The average Bonchev–Trinajstić information content (AvgIpc) is 2.11. The van der Waals surface area contributed by atoms with Crippen LogP contribution in [0.3, 0.4) is 0 Å². The number of nitrogens with zero attached hydrogens (tertiary/aromatic N) is 1. The van der Waals surface area contributed by atoms with E-state index >= 15 is 0 Å². The smallest absolute Gasteiger partial charge is 0.0937 e. The summed E-state index contributed by atoms with van der Waals surface area (Å²) in [6.07, 6.45) is 4.27. The number of aliphatic imine (C=N–C) groups is 1.